The number of likely N-dealkylation sites (tertiary alicyclic amines) is 1. The average Bonchev–Trinajstić information content (AvgIpc) is 3.37. The van der Waals surface area contributed by atoms with Gasteiger partial charge in [-0.2, -0.15) is 0 Å². The molecule has 0 saturated carbocycles. The second kappa shape index (κ2) is 11.4. The average molecular weight is 528 g/mol. The molecule has 196 valence electrons. The van der Waals surface area contributed by atoms with Crippen molar-refractivity contribution in [2.24, 2.45) is 11.3 Å². The van der Waals surface area contributed by atoms with Crippen molar-refractivity contribution in [3.05, 3.63) is 70.8 Å². The highest BCUT2D eigenvalue weighted by Gasteiger charge is 2.34. The molecule has 10 heteroatoms. The van der Waals surface area contributed by atoms with E-state index in [0.29, 0.717) is 35.5 Å². The van der Waals surface area contributed by atoms with E-state index in [9.17, 15) is 19.1 Å². The first-order valence-corrected chi connectivity index (χ1v) is 12.6. The van der Waals surface area contributed by atoms with Gasteiger partial charge in [-0.15, -0.1) is 5.10 Å². The maximum Gasteiger partial charge on any atom is 0.306 e. The fraction of sp³-hybridized carbons (Fsp3) is 0.407. The number of nitrogens with one attached hydrogen (secondary N) is 2. The van der Waals surface area contributed by atoms with E-state index < -0.39 is 23.8 Å². The van der Waals surface area contributed by atoms with Crippen LogP contribution in [-0.4, -0.2) is 63.0 Å². The first-order chi connectivity index (χ1) is 17.6. The van der Waals surface area contributed by atoms with E-state index in [1.54, 1.807) is 18.2 Å². The van der Waals surface area contributed by atoms with E-state index in [1.165, 1.54) is 18.3 Å². The number of amides is 1. The minimum atomic E-state index is -0.881. The van der Waals surface area contributed by atoms with Gasteiger partial charge in [0.1, 0.15) is 11.5 Å². The Morgan fingerprint density at radius 3 is 2.57 bits per heavy atom. The third-order valence-corrected chi connectivity index (χ3v) is 6.92. The highest BCUT2D eigenvalue weighted by atomic mass is 35.5. The number of carbonyl (C=O) groups is 2. The van der Waals surface area contributed by atoms with Gasteiger partial charge in [0.15, 0.2) is 0 Å². The molecule has 37 heavy (non-hydrogen) atoms. The number of halogens is 2. The Morgan fingerprint density at radius 2 is 1.95 bits per heavy atom. The fourth-order valence-corrected chi connectivity index (χ4v) is 5.11. The summed E-state index contributed by atoms with van der Waals surface area (Å²) >= 11 is 6.03. The number of nitrogens with zero attached hydrogens (tertiary/aromatic N) is 3. The molecule has 0 aliphatic carbocycles. The Hall–Kier alpha value is -3.30. The third-order valence-electron chi connectivity index (χ3n) is 6.69. The minimum absolute atomic E-state index is 0.200. The minimum Gasteiger partial charge on any atom is -0.481 e. The van der Waals surface area contributed by atoms with E-state index in [4.69, 9.17) is 11.6 Å². The van der Waals surface area contributed by atoms with Crippen LogP contribution in [0.5, 0.6) is 0 Å². The molecule has 2 heterocycles. The van der Waals surface area contributed by atoms with E-state index in [2.05, 4.69) is 39.5 Å². The standard InChI is InChI=1S/C27H31ClFN5O3/c1-27(2)15-34(16-27)10-9-19(26(36)37)12-21(31-25(35)24-14-30-33-32-24)11-17-3-5-18(6-4-17)22-13-20(28)7-8-23(22)29/h3-8,13-14,19,21H,9-12,15-16H2,1-2H3,(H,31,35)(H,36,37)(H,30,32,33)/t19-,21-/m1/s1. The molecule has 1 aliphatic heterocycles. The van der Waals surface area contributed by atoms with Crippen molar-refractivity contribution in [2.45, 2.75) is 39.2 Å². The number of aromatic nitrogens is 3. The van der Waals surface area contributed by atoms with Crippen molar-refractivity contribution in [1.82, 2.24) is 25.6 Å². The number of carboxylic acid groups (broad SMARTS) is 1. The van der Waals surface area contributed by atoms with Crippen LogP contribution in [-0.2, 0) is 11.2 Å². The highest BCUT2D eigenvalue weighted by Crippen LogP contribution is 2.30. The van der Waals surface area contributed by atoms with E-state index >= 15 is 0 Å². The molecular weight excluding hydrogens is 497 g/mol. The summed E-state index contributed by atoms with van der Waals surface area (Å²) in [7, 11) is 0. The van der Waals surface area contributed by atoms with Crippen molar-refractivity contribution >= 4 is 23.5 Å². The first-order valence-electron chi connectivity index (χ1n) is 12.3. The lowest BCUT2D eigenvalue weighted by Crippen LogP contribution is -2.53. The molecule has 1 fully saturated rings. The molecule has 0 radical (unpaired) electrons. The van der Waals surface area contributed by atoms with Gasteiger partial charge in [-0.25, -0.2) is 4.39 Å². The van der Waals surface area contributed by atoms with Crippen LogP contribution >= 0.6 is 11.6 Å². The summed E-state index contributed by atoms with van der Waals surface area (Å²) in [5.41, 5.74) is 2.43. The molecular formula is C27H31ClFN5O3. The van der Waals surface area contributed by atoms with E-state index in [0.717, 1.165) is 18.7 Å². The maximum absolute atomic E-state index is 14.3. The number of carbonyl (C=O) groups excluding carboxylic acids is 1. The van der Waals surface area contributed by atoms with Crippen molar-refractivity contribution < 1.29 is 19.1 Å². The van der Waals surface area contributed by atoms with Gasteiger partial charge in [-0.05, 0) is 60.5 Å². The normalized spacial score (nSPS) is 16.5. The number of rotatable bonds is 11. The Morgan fingerprint density at radius 1 is 1.22 bits per heavy atom. The molecule has 3 N–H and O–H groups in total. The van der Waals surface area contributed by atoms with Crippen molar-refractivity contribution in [3.63, 3.8) is 0 Å². The summed E-state index contributed by atoms with van der Waals surface area (Å²) < 4.78 is 14.3. The van der Waals surface area contributed by atoms with Crippen LogP contribution < -0.4 is 5.32 Å². The Balaban J connectivity index is 1.47. The lowest BCUT2D eigenvalue weighted by atomic mass is 9.83. The first kappa shape index (κ1) is 26.8. The molecule has 2 atom stereocenters. The smallest absolute Gasteiger partial charge is 0.306 e. The predicted octanol–water partition coefficient (Wildman–Crippen LogP) is 4.43. The van der Waals surface area contributed by atoms with E-state index in [-0.39, 0.29) is 23.3 Å². The Kier molecular flexibility index (Phi) is 8.24. The second-order valence-corrected chi connectivity index (χ2v) is 10.9. The largest absolute Gasteiger partial charge is 0.481 e. The molecule has 0 unspecified atom stereocenters. The number of benzene rings is 2. The zero-order chi connectivity index (χ0) is 26.6. The SMILES string of the molecule is CC1(C)CN(CC[C@H](C[C@@H](Cc2ccc(-c3cc(Cl)ccc3F)cc2)NC(=O)c2cnn[nH]2)C(=O)O)C1. The monoisotopic (exact) mass is 527 g/mol. The summed E-state index contributed by atoms with van der Waals surface area (Å²) in [5, 5.41) is 23.1. The van der Waals surface area contributed by atoms with Gasteiger partial charge in [0, 0.05) is 29.7 Å². The molecule has 3 aromatic rings. The van der Waals surface area contributed by atoms with Gasteiger partial charge in [0.2, 0.25) is 0 Å². The lowest BCUT2D eigenvalue weighted by Gasteiger charge is -2.46. The number of hydrogen-bond acceptors (Lipinski definition) is 5. The summed E-state index contributed by atoms with van der Waals surface area (Å²) in [5.74, 6) is -2.27. The second-order valence-electron chi connectivity index (χ2n) is 10.5. The number of aliphatic carboxylic acids is 1. The number of H-pyrrole nitrogens is 1. The fourth-order valence-electron chi connectivity index (χ4n) is 4.93. The summed E-state index contributed by atoms with van der Waals surface area (Å²) in [6, 6.07) is 11.2. The van der Waals surface area contributed by atoms with Crippen LogP contribution in [0.25, 0.3) is 11.1 Å². The van der Waals surface area contributed by atoms with Crippen molar-refractivity contribution in [2.75, 3.05) is 19.6 Å². The maximum atomic E-state index is 14.3. The van der Waals surface area contributed by atoms with Gasteiger partial charge < -0.3 is 15.3 Å². The zero-order valence-corrected chi connectivity index (χ0v) is 21.6. The van der Waals surface area contributed by atoms with Gasteiger partial charge in [-0.1, -0.05) is 54.9 Å². The molecule has 1 saturated heterocycles. The molecule has 4 rings (SSSR count). The van der Waals surface area contributed by atoms with Crippen LogP contribution in [0.15, 0.2) is 48.7 Å². The van der Waals surface area contributed by atoms with Crippen molar-refractivity contribution in [3.8, 4) is 11.1 Å². The summed E-state index contributed by atoms with van der Waals surface area (Å²) in [4.78, 5) is 27.1. The number of hydrogen-bond donors (Lipinski definition) is 3. The topological polar surface area (TPSA) is 111 Å². The van der Waals surface area contributed by atoms with Gasteiger partial charge >= 0.3 is 5.97 Å². The van der Waals surface area contributed by atoms with Crippen LogP contribution in [0.2, 0.25) is 5.02 Å². The zero-order valence-electron chi connectivity index (χ0n) is 20.9. The lowest BCUT2D eigenvalue weighted by molar-refractivity contribution is -0.142. The molecule has 1 amide bonds. The number of aromatic amines is 1. The Bertz CT molecular complexity index is 1230. The van der Waals surface area contributed by atoms with Crippen LogP contribution in [0.3, 0.4) is 0 Å². The molecule has 1 aliphatic rings. The molecule has 0 bridgehead atoms. The van der Waals surface area contributed by atoms with Gasteiger partial charge in [0.25, 0.3) is 5.91 Å². The van der Waals surface area contributed by atoms with Crippen molar-refractivity contribution in [1.29, 1.82) is 0 Å². The van der Waals surface area contributed by atoms with Gasteiger partial charge in [-0.3, -0.25) is 14.7 Å². The van der Waals surface area contributed by atoms with Crippen LogP contribution in [0.1, 0.15) is 42.7 Å². The third kappa shape index (κ3) is 7.14. The van der Waals surface area contributed by atoms with E-state index in [1.807, 2.05) is 12.1 Å². The molecule has 2 aromatic carbocycles. The molecule has 8 nitrogen and oxygen atoms in total. The van der Waals surface area contributed by atoms with Crippen LogP contribution in [0.4, 0.5) is 4.39 Å². The Labute approximate surface area is 220 Å². The van der Waals surface area contributed by atoms with Gasteiger partial charge in [0.05, 0.1) is 12.1 Å². The molecule has 0 spiro atoms. The quantitative estimate of drug-likeness (QED) is 0.340. The highest BCUT2D eigenvalue weighted by molar-refractivity contribution is 6.30. The summed E-state index contributed by atoms with van der Waals surface area (Å²) in [6.45, 7) is 6.99. The number of carboxylic acids is 1. The van der Waals surface area contributed by atoms with Crippen LogP contribution in [0, 0.1) is 17.2 Å². The summed E-state index contributed by atoms with van der Waals surface area (Å²) in [6.07, 6.45) is 2.49. The molecule has 1 aromatic heterocycles. The predicted molar refractivity (Wildman–Crippen MR) is 139 cm³/mol.